The molecule has 1 rings (SSSR count). The minimum atomic E-state index is -0.893. The van der Waals surface area contributed by atoms with Crippen molar-refractivity contribution in [2.24, 2.45) is 11.5 Å². The van der Waals surface area contributed by atoms with Gasteiger partial charge in [0.05, 0.1) is 0 Å². The van der Waals surface area contributed by atoms with Gasteiger partial charge in [0.1, 0.15) is 0 Å². The summed E-state index contributed by atoms with van der Waals surface area (Å²) in [4.78, 5) is 23.1. The predicted molar refractivity (Wildman–Crippen MR) is 43.0 cm³/mol. The van der Waals surface area contributed by atoms with Crippen LogP contribution in [0.25, 0.3) is 0 Å². The zero-order valence-electron chi connectivity index (χ0n) is 6.82. The summed E-state index contributed by atoms with van der Waals surface area (Å²) < 4.78 is 0. The molecule has 0 radical (unpaired) electrons. The van der Waals surface area contributed by atoms with Crippen molar-refractivity contribution in [3.05, 3.63) is 0 Å². The van der Waals surface area contributed by atoms with E-state index in [9.17, 15) is 9.59 Å². The monoisotopic (exact) mass is 171 g/mol. The number of amides is 2. The molecule has 0 bridgehead atoms. The highest BCUT2D eigenvalue weighted by molar-refractivity contribution is 6.34. The zero-order valence-corrected chi connectivity index (χ0v) is 6.82. The summed E-state index contributed by atoms with van der Waals surface area (Å²) in [5.74, 6) is -1.50. The fourth-order valence-electron chi connectivity index (χ4n) is 1.49. The van der Waals surface area contributed by atoms with Gasteiger partial charge >= 0.3 is 11.8 Å². The van der Waals surface area contributed by atoms with Gasteiger partial charge in [-0.05, 0) is 12.8 Å². The standard InChI is InChI=1S/C7H13N3O2/c8-4-5-2-1-3-10(5)7(12)6(9)11/h5H,1-4,8H2,(H2,9,11)/t5-/m0/s1. The van der Waals surface area contributed by atoms with Crippen molar-refractivity contribution < 1.29 is 9.59 Å². The lowest BCUT2D eigenvalue weighted by molar-refractivity contribution is -0.144. The van der Waals surface area contributed by atoms with Crippen molar-refractivity contribution in [2.45, 2.75) is 18.9 Å². The summed E-state index contributed by atoms with van der Waals surface area (Å²) in [7, 11) is 0. The molecule has 1 heterocycles. The summed E-state index contributed by atoms with van der Waals surface area (Å²) in [5.41, 5.74) is 10.3. The largest absolute Gasteiger partial charge is 0.361 e. The molecule has 1 fully saturated rings. The molecule has 12 heavy (non-hydrogen) atoms. The quantitative estimate of drug-likeness (QED) is 0.467. The Morgan fingerprint density at radius 1 is 1.50 bits per heavy atom. The number of nitrogens with zero attached hydrogens (tertiary/aromatic N) is 1. The Labute approximate surface area is 70.7 Å². The molecule has 0 unspecified atom stereocenters. The van der Waals surface area contributed by atoms with Crippen LogP contribution in [-0.4, -0.2) is 35.8 Å². The maximum atomic E-state index is 11.1. The summed E-state index contributed by atoms with van der Waals surface area (Å²) in [6.45, 7) is 1.00. The Hall–Kier alpha value is -1.10. The van der Waals surface area contributed by atoms with E-state index in [1.807, 2.05) is 0 Å². The third kappa shape index (κ3) is 1.55. The topological polar surface area (TPSA) is 89.4 Å². The van der Waals surface area contributed by atoms with E-state index in [1.54, 1.807) is 0 Å². The molecule has 4 N–H and O–H groups in total. The SMILES string of the molecule is NC[C@@H]1CCCN1C(=O)C(N)=O. The van der Waals surface area contributed by atoms with E-state index in [0.717, 1.165) is 12.8 Å². The van der Waals surface area contributed by atoms with Crippen molar-refractivity contribution in [1.82, 2.24) is 4.90 Å². The molecule has 0 aromatic rings. The highest BCUT2D eigenvalue weighted by atomic mass is 16.2. The molecule has 2 amide bonds. The van der Waals surface area contributed by atoms with Crippen LogP contribution in [-0.2, 0) is 9.59 Å². The van der Waals surface area contributed by atoms with Gasteiger partial charge in [-0.25, -0.2) is 0 Å². The summed E-state index contributed by atoms with van der Waals surface area (Å²) in [6.07, 6.45) is 1.77. The Kier molecular flexibility index (Phi) is 2.65. The van der Waals surface area contributed by atoms with Crippen LogP contribution in [0.15, 0.2) is 0 Å². The number of rotatable bonds is 1. The Morgan fingerprint density at radius 2 is 2.17 bits per heavy atom. The molecule has 1 saturated heterocycles. The maximum absolute atomic E-state index is 11.1. The van der Waals surface area contributed by atoms with Gasteiger partial charge in [-0.1, -0.05) is 0 Å². The second-order valence-electron chi connectivity index (χ2n) is 2.89. The molecule has 0 aromatic heterocycles. The van der Waals surface area contributed by atoms with E-state index in [0.29, 0.717) is 13.1 Å². The van der Waals surface area contributed by atoms with Crippen LogP contribution in [0, 0.1) is 0 Å². The first-order valence-electron chi connectivity index (χ1n) is 3.97. The van der Waals surface area contributed by atoms with Gasteiger partial charge in [-0.2, -0.15) is 0 Å². The highest BCUT2D eigenvalue weighted by Gasteiger charge is 2.29. The number of likely N-dealkylation sites (tertiary alicyclic amines) is 1. The van der Waals surface area contributed by atoms with Gasteiger partial charge in [0.2, 0.25) is 0 Å². The Morgan fingerprint density at radius 3 is 2.67 bits per heavy atom. The van der Waals surface area contributed by atoms with Crippen molar-refractivity contribution in [2.75, 3.05) is 13.1 Å². The van der Waals surface area contributed by atoms with Crippen LogP contribution in [0.3, 0.4) is 0 Å². The van der Waals surface area contributed by atoms with Crippen molar-refractivity contribution in [3.8, 4) is 0 Å². The first-order chi connectivity index (χ1) is 5.66. The fourth-order valence-corrected chi connectivity index (χ4v) is 1.49. The molecule has 5 heteroatoms. The smallest absolute Gasteiger partial charge is 0.311 e. The molecule has 68 valence electrons. The van der Waals surface area contributed by atoms with Crippen molar-refractivity contribution in [1.29, 1.82) is 0 Å². The minimum absolute atomic E-state index is 0.00463. The van der Waals surface area contributed by atoms with E-state index in [2.05, 4.69) is 0 Å². The number of hydrogen-bond donors (Lipinski definition) is 2. The number of nitrogens with two attached hydrogens (primary N) is 2. The molecular formula is C7H13N3O2. The van der Waals surface area contributed by atoms with Crippen LogP contribution >= 0.6 is 0 Å². The van der Waals surface area contributed by atoms with Gasteiger partial charge < -0.3 is 16.4 Å². The van der Waals surface area contributed by atoms with E-state index in [1.165, 1.54) is 4.90 Å². The molecule has 5 nitrogen and oxygen atoms in total. The van der Waals surface area contributed by atoms with Gasteiger partial charge in [0.15, 0.2) is 0 Å². The molecule has 0 saturated carbocycles. The van der Waals surface area contributed by atoms with Crippen molar-refractivity contribution >= 4 is 11.8 Å². The van der Waals surface area contributed by atoms with Crippen LogP contribution in [0.2, 0.25) is 0 Å². The van der Waals surface area contributed by atoms with E-state index in [4.69, 9.17) is 11.5 Å². The van der Waals surface area contributed by atoms with Crippen LogP contribution in [0.1, 0.15) is 12.8 Å². The lowest BCUT2D eigenvalue weighted by Gasteiger charge is -2.21. The first-order valence-corrected chi connectivity index (χ1v) is 3.97. The number of primary amides is 1. The molecule has 0 aromatic carbocycles. The van der Waals surface area contributed by atoms with Crippen LogP contribution in [0.4, 0.5) is 0 Å². The number of carbonyl (C=O) groups excluding carboxylic acids is 2. The molecule has 1 atom stereocenters. The number of carbonyl (C=O) groups is 2. The second kappa shape index (κ2) is 3.53. The molecule has 1 aliphatic heterocycles. The third-order valence-electron chi connectivity index (χ3n) is 2.12. The molecular weight excluding hydrogens is 158 g/mol. The minimum Gasteiger partial charge on any atom is -0.361 e. The summed E-state index contributed by atoms with van der Waals surface area (Å²) in [6, 6.07) is 0.00463. The van der Waals surface area contributed by atoms with E-state index < -0.39 is 11.8 Å². The predicted octanol–water partition coefficient (Wildman–Crippen LogP) is -1.58. The lowest BCUT2D eigenvalue weighted by atomic mass is 10.2. The molecule has 0 aliphatic carbocycles. The van der Waals surface area contributed by atoms with E-state index >= 15 is 0 Å². The fraction of sp³-hybridized carbons (Fsp3) is 0.714. The Bertz CT molecular complexity index is 205. The number of hydrogen-bond acceptors (Lipinski definition) is 3. The first kappa shape index (κ1) is 8.99. The van der Waals surface area contributed by atoms with Gasteiger partial charge in [-0.3, -0.25) is 9.59 Å². The maximum Gasteiger partial charge on any atom is 0.311 e. The molecule has 0 spiro atoms. The van der Waals surface area contributed by atoms with Gasteiger partial charge in [-0.15, -0.1) is 0 Å². The summed E-state index contributed by atoms with van der Waals surface area (Å²) in [5, 5.41) is 0. The average Bonchev–Trinajstić information content (AvgIpc) is 2.49. The average molecular weight is 171 g/mol. The van der Waals surface area contributed by atoms with E-state index in [-0.39, 0.29) is 6.04 Å². The Balaban J connectivity index is 2.61. The van der Waals surface area contributed by atoms with Crippen LogP contribution < -0.4 is 11.5 Å². The lowest BCUT2D eigenvalue weighted by Crippen LogP contribution is -2.45. The summed E-state index contributed by atoms with van der Waals surface area (Å²) >= 11 is 0. The van der Waals surface area contributed by atoms with Crippen molar-refractivity contribution in [3.63, 3.8) is 0 Å². The highest BCUT2D eigenvalue weighted by Crippen LogP contribution is 2.15. The normalized spacial score (nSPS) is 22.8. The second-order valence-corrected chi connectivity index (χ2v) is 2.89. The van der Waals surface area contributed by atoms with Crippen LogP contribution in [0.5, 0.6) is 0 Å². The molecule has 1 aliphatic rings. The zero-order chi connectivity index (χ0) is 9.14. The van der Waals surface area contributed by atoms with Gasteiger partial charge in [0.25, 0.3) is 0 Å². The van der Waals surface area contributed by atoms with Gasteiger partial charge in [0, 0.05) is 19.1 Å². The third-order valence-corrected chi connectivity index (χ3v) is 2.12.